The van der Waals surface area contributed by atoms with Gasteiger partial charge in [0.2, 0.25) is 0 Å². The molecule has 2 rings (SSSR count). The number of rotatable bonds is 2. The minimum absolute atomic E-state index is 0.0336. The van der Waals surface area contributed by atoms with Gasteiger partial charge >= 0.3 is 5.63 Å². The number of halogens is 1. The molecule has 1 aromatic carbocycles. The van der Waals surface area contributed by atoms with Gasteiger partial charge in [0.1, 0.15) is 16.2 Å². The fourth-order valence-electron chi connectivity index (χ4n) is 1.68. The van der Waals surface area contributed by atoms with Crippen LogP contribution < -0.4 is 10.4 Å². The molecule has 0 saturated carbocycles. The van der Waals surface area contributed by atoms with E-state index in [0.717, 1.165) is 0 Å². The molecular weight excluding hydrogens is 280 g/mol. The van der Waals surface area contributed by atoms with Gasteiger partial charge in [-0.25, -0.2) is 13.2 Å². The molecule has 0 aliphatic heterocycles. The molecule has 0 aliphatic rings. The highest BCUT2D eigenvalue weighted by molar-refractivity contribution is 8.13. The van der Waals surface area contributed by atoms with E-state index in [1.807, 2.05) is 0 Å². The second kappa shape index (κ2) is 4.29. The van der Waals surface area contributed by atoms with Gasteiger partial charge in [-0.05, 0) is 18.6 Å². The first-order valence-electron chi connectivity index (χ1n) is 4.90. The average molecular weight is 289 g/mol. The number of hydrogen-bond acceptors (Lipinski definition) is 5. The highest BCUT2D eigenvalue weighted by Gasteiger charge is 2.19. The summed E-state index contributed by atoms with van der Waals surface area (Å²) < 4.78 is 32.8. The van der Waals surface area contributed by atoms with Crippen LogP contribution in [0, 0.1) is 6.92 Å². The van der Waals surface area contributed by atoms with Crippen molar-refractivity contribution in [1.29, 1.82) is 0 Å². The lowest BCUT2D eigenvalue weighted by atomic mass is 10.1. The molecule has 96 valence electrons. The highest BCUT2D eigenvalue weighted by Crippen LogP contribution is 2.32. The normalized spacial score (nSPS) is 11.7. The first-order chi connectivity index (χ1) is 8.32. The van der Waals surface area contributed by atoms with Gasteiger partial charge in [-0.1, -0.05) is 0 Å². The Labute approximate surface area is 107 Å². The van der Waals surface area contributed by atoms with Crippen molar-refractivity contribution in [2.24, 2.45) is 0 Å². The molecule has 5 nitrogen and oxygen atoms in total. The van der Waals surface area contributed by atoms with Gasteiger partial charge in [0.05, 0.1) is 7.11 Å². The molecule has 7 heteroatoms. The maximum Gasteiger partial charge on any atom is 0.336 e. The SMILES string of the molecule is COc1cc2oc(=O)cc(C)c2cc1S(=O)(=O)Cl. The average Bonchev–Trinajstić information content (AvgIpc) is 2.25. The number of methoxy groups -OCH3 is 1. The summed E-state index contributed by atoms with van der Waals surface area (Å²) in [7, 11) is 2.70. The van der Waals surface area contributed by atoms with Crippen molar-refractivity contribution in [3.8, 4) is 5.75 Å². The van der Waals surface area contributed by atoms with Crippen LogP contribution in [0.3, 0.4) is 0 Å². The van der Waals surface area contributed by atoms with Gasteiger partial charge in [0.15, 0.2) is 0 Å². The maximum absolute atomic E-state index is 11.4. The summed E-state index contributed by atoms with van der Waals surface area (Å²) in [5.74, 6) is 0.0336. The van der Waals surface area contributed by atoms with Gasteiger partial charge < -0.3 is 9.15 Å². The van der Waals surface area contributed by atoms with E-state index in [-0.39, 0.29) is 16.2 Å². The van der Waals surface area contributed by atoms with Crippen molar-refractivity contribution >= 4 is 30.7 Å². The van der Waals surface area contributed by atoms with Crippen LogP contribution >= 0.6 is 10.7 Å². The molecule has 0 saturated heterocycles. The molecule has 0 unspecified atom stereocenters. The molecule has 0 bridgehead atoms. The molecule has 18 heavy (non-hydrogen) atoms. The molecule has 0 fully saturated rings. The predicted octanol–water partition coefficient (Wildman–Crippen LogP) is 2.04. The summed E-state index contributed by atoms with van der Waals surface area (Å²) in [6.07, 6.45) is 0. The van der Waals surface area contributed by atoms with E-state index in [1.165, 1.54) is 25.3 Å². The third-order valence-corrected chi connectivity index (χ3v) is 3.84. The summed E-state index contributed by atoms with van der Waals surface area (Å²) in [5.41, 5.74) is 0.343. The predicted molar refractivity (Wildman–Crippen MR) is 66.8 cm³/mol. The first kappa shape index (κ1) is 12.9. The molecule has 0 N–H and O–H groups in total. The van der Waals surface area contributed by atoms with Crippen LogP contribution in [0.15, 0.2) is 32.3 Å². The maximum atomic E-state index is 11.4. The van der Waals surface area contributed by atoms with Crippen molar-refractivity contribution < 1.29 is 17.6 Å². The van der Waals surface area contributed by atoms with E-state index in [1.54, 1.807) is 6.92 Å². The van der Waals surface area contributed by atoms with Gasteiger partial charge in [-0.3, -0.25) is 0 Å². The van der Waals surface area contributed by atoms with Crippen LogP contribution in [-0.2, 0) is 9.05 Å². The molecular formula is C11H9ClO5S. The Bertz CT molecular complexity index is 776. The number of aryl methyl sites for hydroxylation is 1. The third-order valence-electron chi connectivity index (χ3n) is 2.50. The van der Waals surface area contributed by atoms with E-state index in [0.29, 0.717) is 10.9 Å². The number of benzene rings is 1. The lowest BCUT2D eigenvalue weighted by Crippen LogP contribution is -2.01. The molecule has 0 spiro atoms. The van der Waals surface area contributed by atoms with Crippen molar-refractivity contribution in [1.82, 2.24) is 0 Å². The fourth-order valence-corrected chi connectivity index (χ4v) is 2.68. The van der Waals surface area contributed by atoms with Crippen molar-refractivity contribution in [3.05, 3.63) is 34.2 Å². The van der Waals surface area contributed by atoms with Crippen LogP contribution in [0.5, 0.6) is 5.75 Å². The molecule has 1 aromatic heterocycles. The topological polar surface area (TPSA) is 73.6 Å². The Morgan fingerprint density at radius 2 is 1.94 bits per heavy atom. The van der Waals surface area contributed by atoms with Crippen molar-refractivity contribution in [2.75, 3.05) is 7.11 Å². The zero-order chi connectivity index (χ0) is 13.5. The van der Waals surface area contributed by atoms with Crippen molar-refractivity contribution in [2.45, 2.75) is 11.8 Å². The third kappa shape index (κ3) is 2.21. The largest absolute Gasteiger partial charge is 0.495 e. The first-order valence-corrected chi connectivity index (χ1v) is 7.21. The Balaban J connectivity index is 2.95. The summed E-state index contributed by atoms with van der Waals surface area (Å²) in [6, 6.07) is 3.94. The zero-order valence-electron chi connectivity index (χ0n) is 9.56. The van der Waals surface area contributed by atoms with Crippen LogP contribution in [0.4, 0.5) is 0 Å². The second-order valence-electron chi connectivity index (χ2n) is 3.69. The molecule has 2 aromatic rings. The highest BCUT2D eigenvalue weighted by atomic mass is 35.7. The Morgan fingerprint density at radius 1 is 1.28 bits per heavy atom. The quantitative estimate of drug-likeness (QED) is 0.624. The van der Waals surface area contributed by atoms with Gasteiger partial charge in [0, 0.05) is 28.2 Å². The van der Waals surface area contributed by atoms with Crippen molar-refractivity contribution in [3.63, 3.8) is 0 Å². The van der Waals surface area contributed by atoms with Gasteiger partial charge in [-0.2, -0.15) is 0 Å². The molecule has 0 aliphatic carbocycles. The summed E-state index contributed by atoms with van der Waals surface area (Å²) in [5, 5.41) is 0.495. The van der Waals surface area contributed by atoms with Crippen LogP contribution in [0.1, 0.15) is 5.56 Å². The Kier molecular flexibility index (Phi) is 3.08. The Hall–Kier alpha value is -1.53. The fraction of sp³-hybridized carbons (Fsp3) is 0.182. The van der Waals surface area contributed by atoms with E-state index >= 15 is 0 Å². The van der Waals surface area contributed by atoms with Crippen LogP contribution in [-0.4, -0.2) is 15.5 Å². The standard InChI is InChI=1S/C11H9ClO5S/c1-6-3-11(13)17-8-5-9(16-2)10(4-7(6)8)18(12,14)15/h3-5H,1-2H3. The summed E-state index contributed by atoms with van der Waals surface area (Å²) in [6.45, 7) is 1.68. The Morgan fingerprint density at radius 3 is 2.50 bits per heavy atom. The number of ether oxygens (including phenoxy) is 1. The molecule has 0 amide bonds. The lowest BCUT2D eigenvalue weighted by molar-refractivity contribution is 0.402. The number of hydrogen-bond donors (Lipinski definition) is 0. The van der Waals surface area contributed by atoms with Crippen LogP contribution in [0.25, 0.3) is 11.0 Å². The van der Waals surface area contributed by atoms with Crippen LogP contribution in [0.2, 0.25) is 0 Å². The summed E-state index contributed by atoms with van der Waals surface area (Å²) in [4.78, 5) is 11.1. The minimum Gasteiger partial charge on any atom is -0.495 e. The smallest absolute Gasteiger partial charge is 0.336 e. The van der Waals surface area contributed by atoms with E-state index < -0.39 is 14.7 Å². The van der Waals surface area contributed by atoms with E-state index in [4.69, 9.17) is 19.8 Å². The number of fused-ring (bicyclic) bond motifs is 1. The minimum atomic E-state index is -3.94. The lowest BCUT2D eigenvalue weighted by Gasteiger charge is -2.08. The van der Waals surface area contributed by atoms with Gasteiger partial charge in [-0.15, -0.1) is 0 Å². The summed E-state index contributed by atoms with van der Waals surface area (Å²) >= 11 is 0. The monoisotopic (exact) mass is 288 g/mol. The van der Waals surface area contributed by atoms with E-state index in [2.05, 4.69) is 0 Å². The van der Waals surface area contributed by atoms with Gasteiger partial charge in [0.25, 0.3) is 9.05 Å². The second-order valence-corrected chi connectivity index (χ2v) is 6.22. The zero-order valence-corrected chi connectivity index (χ0v) is 11.1. The van der Waals surface area contributed by atoms with E-state index in [9.17, 15) is 13.2 Å². The molecule has 1 heterocycles. The molecule has 0 radical (unpaired) electrons. The molecule has 0 atom stereocenters.